The number of imidazole rings is 1. The van der Waals surface area contributed by atoms with E-state index in [0.29, 0.717) is 0 Å². The van der Waals surface area contributed by atoms with E-state index in [1.54, 1.807) is 17.5 Å². The van der Waals surface area contributed by atoms with Crippen LogP contribution in [-0.2, 0) is 6.54 Å². The van der Waals surface area contributed by atoms with Gasteiger partial charge in [-0.1, -0.05) is 0 Å². The van der Waals surface area contributed by atoms with Crippen molar-refractivity contribution >= 4 is 11.3 Å². The van der Waals surface area contributed by atoms with Crippen LogP contribution in [0.5, 0.6) is 0 Å². The monoisotopic (exact) mass is 237 g/mol. The molecule has 0 fully saturated rings. The van der Waals surface area contributed by atoms with Gasteiger partial charge in [-0.05, 0) is 13.8 Å². The van der Waals surface area contributed by atoms with Crippen LogP contribution in [0.25, 0.3) is 0 Å². The molecule has 16 heavy (non-hydrogen) atoms. The van der Waals surface area contributed by atoms with Crippen LogP contribution >= 0.6 is 11.3 Å². The zero-order valence-electron chi connectivity index (χ0n) is 9.34. The van der Waals surface area contributed by atoms with E-state index < -0.39 is 0 Å². The number of nitrogens with one attached hydrogen (secondary N) is 1. The number of nitrogens with two attached hydrogens (primary N) is 1. The van der Waals surface area contributed by atoms with Gasteiger partial charge in [0.05, 0.1) is 9.88 Å². The number of thiazole rings is 1. The van der Waals surface area contributed by atoms with E-state index in [-0.39, 0.29) is 6.04 Å². The predicted molar refractivity (Wildman–Crippen MR) is 63.9 cm³/mol. The minimum atomic E-state index is -0.0823. The number of hydrogen-bond acceptors (Lipinski definition) is 5. The normalized spacial score (nSPS) is 12.9. The van der Waals surface area contributed by atoms with Crippen LogP contribution in [0.4, 0.5) is 0 Å². The Morgan fingerprint density at radius 3 is 2.94 bits per heavy atom. The van der Waals surface area contributed by atoms with Gasteiger partial charge in [0.25, 0.3) is 0 Å². The van der Waals surface area contributed by atoms with Crippen molar-refractivity contribution in [2.75, 3.05) is 0 Å². The molecule has 5 nitrogen and oxygen atoms in total. The van der Waals surface area contributed by atoms with Crippen molar-refractivity contribution in [3.8, 4) is 0 Å². The third-order valence-corrected chi connectivity index (χ3v) is 3.41. The van der Waals surface area contributed by atoms with E-state index in [1.165, 1.54) is 0 Å². The molecule has 0 spiro atoms. The first-order valence-electron chi connectivity index (χ1n) is 5.15. The lowest BCUT2D eigenvalue weighted by atomic mass is 10.2. The number of aromatic nitrogens is 3. The van der Waals surface area contributed by atoms with Crippen molar-refractivity contribution in [1.82, 2.24) is 20.0 Å². The SMILES string of the molecule is CCn1ccnc1C(NN)c1cnc(C)s1. The molecule has 0 aliphatic heterocycles. The van der Waals surface area contributed by atoms with Gasteiger partial charge in [0.1, 0.15) is 11.9 Å². The van der Waals surface area contributed by atoms with Crippen molar-refractivity contribution in [2.45, 2.75) is 26.4 Å². The molecular formula is C10H15N5S. The van der Waals surface area contributed by atoms with Crippen molar-refractivity contribution in [3.05, 3.63) is 34.3 Å². The van der Waals surface area contributed by atoms with Crippen molar-refractivity contribution in [1.29, 1.82) is 0 Å². The lowest BCUT2D eigenvalue weighted by Crippen LogP contribution is -2.30. The molecule has 2 aromatic rings. The summed E-state index contributed by atoms with van der Waals surface area (Å²) in [5.41, 5.74) is 2.80. The van der Waals surface area contributed by atoms with Crippen LogP contribution in [0.3, 0.4) is 0 Å². The van der Waals surface area contributed by atoms with Gasteiger partial charge < -0.3 is 4.57 Å². The minimum absolute atomic E-state index is 0.0823. The van der Waals surface area contributed by atoms with Crippen LogP contribution in [0.2, 0.25) is 0 Å². The largest absolute Gasteiger partial charge is 0.334 e. The van der Waals surface area contributed by atoms with Crippen molar-refractivity contribution in [3.63, 3.8) is 0 Å². The maximum absolute atomic E-state index is 5.60. The number of aryl methyl sites for hydroxylation is 2. The first-order valence-corrected chi connectivity index (χ1v) is 5.97. The maximum atomic E-state index is 5.60. The lowest BCUT2D eigenvalue weighted by molar-refractivity contribution is 0.567. The average molecular weight is 237 g/mol. The molecule has 0 bridgehead atoms. The van der Waals surface area contributed by atoms with E-state index in [4.69, 9.17) is 5.84 Å². The summed E-state index contributed by atoms with van der Waals surface area (Å²) in [5.74, 6) is 6.53. The van der Waals surface area contributed by atoms with Crippen molar-refractivity contribution in [2.24, 2.45) is 5.84 Å². The summed E-state index contributed by atoms with van der Waals surface area (Å²) in [6.07, 6.45) is 5.59. The molecule has 2 rings (SSSR count). The summed E-state index contributed by atoms with van der Waals surface area (Å²) in [6.45, 7) is 4.94. The fraction of sp³-hybridized carbons (Fsp3) is 0.400. The van der Waals surface area contributed by atoms with Gasteiger partial charge in [0, 0.05) is 25.1 Å². The molecule has 6 heteroatoms. The van der Waals surface area contributed by atoms with Gasteiger partial charge in [-0.25, -0.2) is 15.4 Å². The molecule has 0 saturated heterocycles. The molecule has 0 radical (unpaired) electrons. The molecule has 3 N–H and O–H groups in total. The maximum Gasteiger partial charge on any atom is 0.132 e. The van der Waals surface area contributed by atoms with Gasteiger partial charge in [-0.15, -0.1) is 11.3 Å². The second kappa shape index (κ2) is 4.73. The summed E-state index contributed by atoms with van der Waals surface area (Å²) in [7, 11) is 0. The van der Waals surface area contributed by atoms with Gasteiger partial charge in [-0.3, -0.25) is 5.84 Å². The Morgan fingerprint density at radius 1 is 1.56 bits per heavy atom. The molecular weight excluding hydrogens is 222 g/mol. The van der Waals surface area contributed by atoms with Gasteiger partial charge in [-0.2, -0.15) is 0 Å². The molecule has 1 atom stereocenters. The Balaban J connectivity index is 2.36. The molecule has 0 aliphatic carbocycles. The highest BCUT2D eigenvalue weighted by atomic mass is 32.1. The lowest BCUT2D eigenvalue weighted by Gasteiger charge is -2.14. The van der Waals surface area contributed by atoms with E-state index in [0.717, 1.165) is 22.3 Å². The number of hydrogen-bond donors (Lipinski definition) is 2. The molecule has 0 amide bonds. The number of nitrogens with zero attached hydrogens (tertiary/aromatic N) is 3. The first kappa shape index (κ1) is 11.3. The van der Waals surface area contributed by atoms with E-state index >= 15 is 0 Å². The molecule has 0 aliphatic rings. The first-order chi connectivity index (χ1) is 7.76. The molecule has 1 unspecified atom stereocenters. The predicted octanol–water partition coefficient (Wildman–Crippen LogP) is 1.22. The Morgan fingerprint density at radius 2 is 2.38 bits per heavy atom. The number of rotatable bonds is 4. The van der Waals surface area contributed by atoms with E-state index in [1.807, 2.05) is 19.3 Å². The Hall–Kier alpha value is -1.24. The molecule has 0 aromatic carbocycles. The second-order valence-corrected chi connectivity index (χ2v) is 4.72. The standard InChI is InChI=1S/C10H15N5S/c1-3-15-5-4-12-10(15)9(14-11)8-6-13-7(2)16-8/h4-6,9,14H,3,11H2,1-2H3. The highest BCUT2D eigenvalue weighted by molar-refractivity contribution is 7.11. The number of hydrazine groups is 1. The Labute approximate surface area is 98.3 Å². The summed E-state index contributed by atoms with van der Waals surface area (Å²) >= 11 is 1.63. The summed E-state index contributed by atoms with van der Waals surface area (Å²) < 4.78 is 2.07. The summed E-state index contributed by atoms with van der Waals surface area (Å²) in [4.78, 5) is 9.66. The topological polar surface area (TPSA) is 68.8 Å². The molecule has 2 heterocycles. The summed E-state index contributed by atoms with van der Waals surface area (Å²) in [5, 5.41) is 1.03. The minimum Gasteiger partial charge on any atom is -0.334 e. The van der Waals surface area contributed by atoms with Gasteiger partial charge in [0.2, 0.25) is 0 Å². The molecule has 2 aromatic heterocycles. The Kier molecular flexibility index (Phi) is 3.33. The fourth-order valence-corrected chi connectivity index (χ4v) is 2.49. The van der Waals surface area contributed by atoms with Crippen LogP contribution in [0, 0.1) is 6.92 Å². The molecule has 0 saturated carbocycles. The highest BCUT2D eigenvalue weighted by Gasteiger charge is 2.19. The fourth-order valence-electron chi connectivity index (χ4n) is 1.64. The second-order valence-electron chi connectivity index (χ2n) is 3.45. The van der Waals surface area contributed by atoms with Crippen LogP contribution in [-0.4, -0.2) is 14.5 Å². The third kappa shape index (κ3) is 1.99. The van der Waals surface area contributed by atoms with Crippen molar-refractivity contribution < 1.29 is 0 Å². The average Bonchev–Trinajstić information content (AvgIpc) is 2.89. The third-order valence-electron chi connectivity index (χ3n) is 2.44. The quantitative estimate of drug-likeness (QED) is 0.619. The van der Waals surface area contributed by atoms with Crippen LogP contribution in [0.1, 0.15) is 28.7 Å². The van der Waals surface area contributed by atoms with E-state index in [2.05, 4.69) is 26.9 Å². The van der Waals surface area contributed by atoms with Crippen LogP contribution < -0.4 is 11.3 Å². The van der Waals surface area contributed by atoms with Gasteiger partial charge in [0.15, 0.2) is 0 Å². The smallest absolute Gasteiger partial charge is 0.132 e. The molecule has 86 valence electrons. The Bertz CT molecular complexity index is 461. The zero-order valence-corrected chi connectivity index (χ0v) is 10.2. The zero-order chi connectivity index (χ0) is 11.5. The highest BCUT2D eigenvalue weighted by Crippen LogP contribution is 2.24. The summed E-state index contributed by atoms with van der Waals surface area (Å²) in [6, 6.07) is -0.0823. The van der Waals surface area contributed by atoms with E-state index in [9.17, 15) is 0 Å². The van der Waals surface area contributed by atoms with Crippen LogP contribution in [0.15, 0.2) is 18.6 Å². The van der Waals surface area contributed by atoms with Gasteiger partial charge >= 0.3 is 0 Å².